The fourth-order valence-corrected chi connectivity index (χ4v) is 1.46. The zero-order valence-corrected chi connectivity index (χ0v) is 9.12. The van der Waals surface area contributed by atoms with Crippen molar-refractivity contribution in [3.8, 4) is 0 Å². The van der Waals surface area contributed by atoms with Gasteiger partial charge in [-0.1, -0.05) is 49.2 Å². The van der Waals surface area contributed by atoms with E-state index in [2.05, 4.69) is 13.5 Å². The minimum Gasteiger partial charge on any atom is -0.0952 e. The maximum absolute atomic E-state index is 5.89. The molecule has 0 fully saturated rings. The molecule has 0 radical (unpaired) electrons. The van der Waals surface area contributed by atoms with Gasteiger partial charge in [-0.05, 0) is 29.7 Å². The largest absolute Gasteiger partial charge is 0.0952 e. The van der Waals surface area contributed by atoms with Crippen LogP contribution in [0.15, 0.2) is 24.8 Å². The molecule has 1 aromatic carbocycles. The smallest absolute Gasteiger partial charge is 0.0598 e. The van der Waals surface area contributed by atoms with Crippen LogP contribution in [0.25, 0.3) is 5.57 Å². The molecular formula is C11H12Cl2. The molecule has 0 bridgehead atoms. The van der Waals surface area contributed by atoms with Gasteiger partial charge in [0.1, 0.15) is 0 Å². The average molecular weight is 215 g/mol. The molecule has 1 rings (SSSR count). The van der Waals surface area contributed by atoms with E-state index in [1.54, 1.807) is 6.07 Å². The van der Waals surface area contributed by atoms with E-state index in [9.17, 15) is 0 Å². The van der Waals surface area contributed by atoms with Gasteiger partial charge in [0.25, 0.3) is 0 Å². The summed E-state index contributed by atoms with van der Waals surface area (Å²) in [5, 5.41) is 1.19. The van der Waals surface area contributed by atoms with Gasteiger partial charge in [0.2, 0.25) is 0 Å². The molecule has 2 heteroatoms. The van der Waals surface area contributed by atoms with Crippen molar-refractivity contribution in [1.29, 1.82) is 0 Å². The molecule has 0 spiro atoms. The molecule has 0 nitrogen and oxygen atoms in total. The Morgan fingerprint density at radius 3 is 2.54 bits per heavy atom. The van der Waals surface area contributed by atoms with Crippen LogP contribution >= 0.6 is 23.2 Å². The minimum atomic E-state index is 0.592. The van der Waals surface area contributed by atoms with Gasteiger partial charge in [0, 0.05) is 0 Å². The summed E-state index contributed by atoms with van der Waals surface area (Å²) >= 11 is 11.7. The van der Waals surface area contributed by atoms with Crippen molar-refractivity contribution < 1.29 is 0 Å². The van der Waals surface area contributed by atoms with Crippen molar-refractivity contribution in [3.63, 3.8) is 0 Å². The zero-order valence-electron chi connectivity index (χ0n) is 7.61. The summed E-state index contributed by atoms with van der Waals surface area (Å²) in [6.07, 6.45) is 2.09. The summed E-state index contributed by atoms with van der Waals surface area (Å²) in [6, 6.07) is 5.62. The Kier molecular flexibility index (Phi) is 3.83. The molecule has 1 aromatic rings. The second-order valence-electron chi connectivity index (χ2n) is 2.98. The molecule has 70 valence electrons. The highest BCUT2D eigenvalue weighted by atomic mass is 35.5. The van der Waals surface area contributed by atoms with Crippen LogP contribution in [-0.4, -0.2) is 0 Å². The lowest BCUT2D eigenvalue weighted by atomic mass is 10.0. The first kappa shape index (κ1) is 10.6. The van der Waals surface area contributed by atoms with E-state index in [-0.39, 0.29) is 0 Å². The van der Waals surface area contributed by atoms with E-state index in [1.165, 1.54) is 0 Å². The normalized spacial score (nSPS) is 10.1. The first-order valence-electron chi connectivity index (χ1n) is 4.28. The monoisotopic (exact) mass is 214 g/mol. The third-order valence-corrected chi connectivity index (χ3v) is 2.62. The summed E-state index contributed by atoms with van der Waals surface area (Å²) in [4.78, 5) is 0. The average Bonchev–Trinajstić information content (AvgIpc) is 2.10. The fourth-order valence-electron chi connectivity index (χ4n) is 1.16. The predicted molar refractivity (Wildman–Crippen MR) is 60.4 cm³/mol. The first-order chi connectivity index (χ1) is 6.15. The molecule has 0 aliphatic carbocycles. The number of benzene rings is 1. The molecule has 0 N–H and O–H groups in total. The van der Waals surface area contributed by atoms with E-state index >= 15 is 0 Å². The van der Waals surface area contributed by atoms with Gasteiger partial charge in [-0.15, -0.1) is 0 Å². The maximum atomic E-state index is 5.89. The van der Waals surface area contributed by atoms with Crippen LogP contribution in [0.2, 0.25) is 10.0 Å². The Morgan fingerprint density at radius 1 is 1.31 bits per heavy atom. The Labute approximate surface area is 89.2 Å². The fraction of sp³-hybridized carbons (Fsp3) is 0.273. The molecule has 0 unspecified atom stereocenters. The summed E-state index contributed by atoms with van der Waals surface area (Å²) in [6.45, 7) is 6.11. The van der Waals surface area contributed by atoms with Crippen LogP contribution in [0, 0.1) is 0 Å². The van der Waals surface area contributed by atoms with Gasteiger partial charge in [0.05, 0.1) is 10.0 Å². The second-order valence-corrected chi connectivity index (χ2v) is 3.80. The van der Waals surface area contributed by atoms with Crippen LogP contribution in [-0.2, 0) is 0 Å². The molecule has 0 aliphatic rings. The van der Waals surface area contributed by atoms with Crippen LogP contribution in [0.3, 0.4) is 0 Å². The molecule has 0 amide bonds. The van der Waals surface area contributed by atoms with Crippen molar-refractivity contribution in [3.05, 3.63) is 40.4 Å². The van der Waals surface area contributed by atoms with Crippen molar-refractivity contribution in [2.75, 3.05) is 0 Å². The molecule has 0 heterocycles. The van der Waals surface area contributed by atoms with Crippen LogP contribution in [0.1, 0.15) is 25.3 Å². The second kappa shape index (κ2) is 4.69. The van der Waals surface area contributed by atoms with Gasteiger partial charge in [-0.3, -0.25) is 0 Å². The number of hydrogen-bond donors (Lipinski definition) is 0. The van der Waals surface area contributed by atoms with E-state index in [1.807, 2.05) is 12.1 Å². The van der Waals surface area contributed by atoms with Crippen molar-refractivity contribution in [2.45, 2.75) is 19.8 Å². The highest BCUT2D eigenvalue weighted by Crippen LogP contribution is 2.26. The molecule has 0 atom stereocenters. The summed E-state index contributed by atoms with van der Waals surface area (Å²) < 4.78 is 0. The molecule has 13 heavy (non-hydrogen) atoms. The molecule has 0 saturated heterocycles. The maximum Gasteiger partial charge on any atom is 0.0598 e. The summed E-state index contributed by atoms with van der Waals surface area (Å²) in [5.41, 5.74) is 2.19. The van der Waals surface area contributed by atoms with Crippen molar-refractivity contribution >= 4 is 28.8 Å². The molecule has 0 aliphatic heterocycles. The van der Waals surface area contributed by atoms with Gasteiger partial charge >= 0.3 is 0 Å². The zero-order chi connectivity index (χ0) is 9.84. The van der Waals surface area contributed by atoms with Crippen LogP contribution in [0.4, 0.5) is 0 Å². The third-order valence-electron chi connectivity index (χ3n) is 1.88. The Morgan fingerprint density at radius 2 is 2.00 bits per heavy atom. The third kappa shape index (κ3) is 2.75. The minimum absolute atomic E-state index is 0.592. The Bertz CT molecular complexity index is 316. The highest BCUT2D eigenvalue weighted by molar-refractivity contribution is 6.42. The Hall–Kier alpha value is -0.460. The number of rotatable bonds is 3. The highest BCUT2D eigenvalue weighted by Gasteiger charge is 2.01. The quantitative estimate of drug-likeness (QED) is 0.678. The lowest BCUT2D eigenvalue weighted by Gasteiger charge is -2.05. The Balaban J connectivity index is 2.90. The summed E-state index contributed by atoms with van der Waals surface area (Å²) in [7, 11) is 0. The van der Waals surface area contributed by atoms with Crippen molar-refractivity contribution in [1.82, 2.24) is 0 Å². The lowest BCUT2D eigenvalue weighted by Crippen LogP contribution is -1.82. The van der Waals surface area contributed by atoms with Gasteiger partial charge in [0.15, 0.2) is 0 Å². The summed E-state index contributed by atoms with van der Waals surface area (Å²) in [5.74, 6) is 0. The van der Waals surface area contributed by atoms with E-state index < -0.39 is 0 Å². The predicted octanol–water partition coefficient (Wildman–Crippen LogP) is 4.81. The number of hydrogen-bond acceptors (Lipinski definition) is 0. The van der Waals surface area contributed by atoms with Gasteiger partial charge in [-0.2, -0.15) is 0 Å². The van der Waals surface area contributed by atoms with Gasteiger partial charge < -0.3 is 0 Å². The molecular weight excluding hydrogens is 203 g/mol. The van der Waals surface area contributed by atoms with Gasteiger partial charge in [-0.25, -0.2) is 0 Å². The van der Waals surface area contributed by atoms with E-state index in [4.69, 9.17) is 23.2 Å². The SMILES string of the molecule is C=C(CCC)c1ccc(Cl)c(Cl)c1. The van der Waals surface area contributed by atoms with E-state index in [0.29, 0.717) is 10.0 Å². The topological polar surface area (TPSA) is 0 Å². The van der Waals surface area contributed by atoms with Crippen molar-refractivity contribution in [2.24, 2.45) is 0 Å². The molecule has 0 saturated carbocycles. The van der Waals surface area contributed by atoms with Crippen LogP contribution in [0.5, 0.6) is 0 Å². The lowest BCUT2D eigenvalue weighted by molar-refractivity contribution is 0.975. The molecule has 0 aromatic heterocycles. The first-order valence-corrected chi connectivity index (χ1v) is 5.04. The van der Waals surface area contributed by atoms with Crippen LogP contribution < -0.4 is 0 Å². The number of allylic oxidation sites excluding steroid dienone is 1. The van der Waals surface area contributed by atoms with E-state index in [0.717, 1.165) is 24.0 Å². The standard InChI is InChI=1S/C11H12Cl2/c1-3-4-8(2)9-5-6-10(12)11(13)7-9/h5-7H,2-4H2,1H3. The number of halogens is 2.